The molecule has 0 spiro atoms. The van der Waals surface area contributed by atoms with Crippen LogP contribution in [0.1, 0.15) is 31.8 Å². The summed E-state index contributed by atoms with van der Waals surface area (Å²) >= 11 is 13.0. The van der Waals surface area contributed by atoms with Crippen molar-refractivity contribution in [2.24, 2.45) is 4.99 Å². The highest BCUT2D eigenvalue weighted by Crippen LogP contribution is 2.35. The van der Waals surface area contributed by atoms with Gasteiger partial charge in [-0.2, -0.15) is 16.6 Å². The van der Waals surface area contributed by atoms with E-state index in [1.54, 1.807) is 29.3 Å². The molecule has 0 bridgehead atoms. The topological polar surface area (TPSA) is 176 Å². The Morgan fingerprint density at radius 2 is 2.08 bits per heavy atom. The van der Waals surface area contributed by atoms with E-state index in [4.69, 9.17) is 34.9 Å². The van der Waals surface area contributed by atoms with Crippen LogP contribution in [0.2, 0.25) is 10.0 Å². The summed E-state index contributed by atoms with van der Waals surface area (Å²) in [7, 11) is 0. The Morgan fingerprint density at radius 3 is 2.80 bits per heavy atom. The number of halogens is 2. The minimum atomic E-state index is -1.46. The second-order valence-electron chi connectivity index (χ2n) is 8.76. The van der Waals surface area contributed by atoms with Gasteiger partial charge in [0.2, 0.25) is 0 Å². The summed E-state index contributed by atoms with van der Waals surface area (Å²) in [4.78, 5) is 46.6. The van der Waals surface area contributed by atoms with Crippen molar-refractivity contribution in [2.75, 3.05) is 26.2 Å². The van der Waals surface area contributed by atoms with E-state index in [-0.39, 0.29) is 47.2 Å². The molecule has 0 fully saturated rings. The zero-order valence-electron chi connectivity index (χ0n) is 20.9. The SMILES string of the molecule is [C-]#[N+]NC(=NC[C@H](NC(=O)c1c(Cl)cc2c(c1Cl)CCN(C(=O)c1ccc3cn[nH]c3c1)C2)C(=O)O)NCCO. The molecule has 2 aromatic carbocycles. The Morgan fingerprint density at radius 1 is 1.27 bits per heavy atom. The van der Waals surface area contributed by atoms with E-state index in [1.165, 1.54) is 0 Å². The minimum Gasteiger partial charge on any atom is -0.480 e. The van der Waals surface area contributed by atoms with E-state index in [1.807, 2.05) is 6.07 Å². The third-order valence-electron chi connectivity index (χ3n) is 6.21. The van der Waals surface area contributed by atoms with Gasteiger partial charge in [0, 0.05) is 30.6 Å². The molecule has 3 aromatic rings. The van der Waals surface area contributed by atoms with Gasteiger partial charge in [-0.3, -0.25) is 14.7 Å². The van der Waals surface area contributed by atoms with E-state index >= 15 is 0 Å². The fourth-order valence-corrected chi connectivity index (χ4v) is 5.01. The van der Waals surface area contributed by atoms with Crippen LogP contribution in [0.5, 0.6) is 0 Å². The Hall–Kier alpha value is -4.38. The first-order valence-corrected chi connectivity index (χ1v) is 12.8. The summed E-state index contributed by atoms with van der Waals surface area (Å²) in [6.45, 7) is 6.87. The number of rotatable bonds is 8. The Labute approximate surface area is 237 Å². The van der Waals surface area contributed by atoms with E-state index in [0.717, 1.165) is 10.9 Å². The zero-order chi connectivity index (χ0) is 28.8. The molecule has 0 saturated heterocycles. The normalized spacial score (nSPS) is 13.8. The van der Waals surface area contributed by atoms with Crippen LogP contribution in [0.3, 0.4) is 0 Å². The number of carbonyl (C=O) groups is 3. The van der Waals surface area contributed by atoms with Gasteiger partial charge in [-0.25, -0.2) is 9.79 Å². The van der Waals surface area contributed by atoms with Crippen molar-refractivity contribution >= 4 is 57.8 Å². The van der Waals surface area contributed by atoms with Crippen molar-refractivity contribution in [1.29, 1.82) is 0 Å². The molecule has 15 heteroatoms. The molecule has 0 unspecified atom stereocenters. The lowest BCUT2D eigenvalue weighted by Crippen LogP contribution is -2.44. The predicted octanol–water partition coefficient (Wildman–Crippen LogP) is 1.61. The van der Waals surface area contributed by atoms with Crippen molar-refractivity contribution in [2.45, 2.75) is 19.0 Å². The molecule has 2 amide bonds. The maximum absolute atomic E-state index is 13.2. The highest BCUT2D eigenvalue weighted by Gasteiger charge is 2.29. The molecule has 1 atom stereocenters. The van der Waals surface area contributed by atoms with Gasteiger partial charge >= 0.3 is 5.97 Å². The van der Waals surface area contributed by atoms with Crippen LogP contribution in [-0.2, 0) is 17.8 Å². The number of aromatic amines is 1. The van der Waals surface area contributed by atoms with Crippen molar-refractivity contribution in [1.82, 2.24) is 31.2 Å². The molecule has 0 saturated carbocycles. The molecule has 4 rings (SSSR count). The molecular weight excluding hydrogens is 563 g/mol. The van der Waals surface area contributed by atoms with Gasteiger partial charge in [-0.1, -0.05) is 34.7 Å². The number of carboxylic acids is 1. The molecule has 0 aliphatic carbocycles. The summed E-state index contributed by atoms with van der Waals surface area (Å²) < 4.78 is 0. The number of hydrogen-bond acceptors (Lipinski definition) is 6. The van der Waals surface area contributed by atoms with Crippen LogP contribution < -0.4 is 16.1 Å². The highest BCUT2D eigenvalue weighted by molar-refractivity contribution is 6.40. The van der Waals surface area contributed by atoms with Crippen LogP contribution in [0.4, 0.5) is 0 Å². The average Bonchev–Trinajstić information content (AvgIpc) is 3.41. The van der Waals surface area contributed by atoms with E-state index in [9.17, 15) is 19.5 Å². The number of H-pyrrole nitrogens is 1. The first-order chi connectivity index (χ1) is 19.2. The Balaban J connectivity index is 1.50. The van der Waals surface area contributed by atoms with Crippen molar-refractivity contribution < 1.29 is 24.6 Å². The number of hydrogen-bond donors (Lipinski definition) is 6. The molecule has 1 aliphatic rings. The lowest BCUT2D eigenvalue weighted by Gasteiger charge is -2.30. The number of carboxylic acid groups (broad SMARTS) is 1. The molecule has 2 heterocycles. The van der Waals surface area contributed by atoms with Gasteiger partial charge in [0.15, 0.2) is 0 Å². The average molecular weight is 587 g/mol. The summed E-state index contributed by atoms with van der Waals surface area (Å²) in [5.41, 5.74) is 4.70. The number of nitrogens with one attached hydrogen (secondary N) is 4. The predicted molar refractivity (Wildman–Crippen MR) is 147 cm³/mol. The molecule has 0 radical (unpaired) electrons. The molecule has 40 heavy (non-hydrogen) atoms. The van der Waals surface area contributed by atoms with Crippen molar-refractivity contribution in [3.05, 3.63) is 74.3 Å². The summed E-state index contributed by atoms with van der Waals surface area (Å²) in [5.74, 6) is -2.41. The lowest BCUT2D eigenvalue weighted by atomic mass is 9.96. The van der Waals surface area contributed by atoms with Gasteiger partial charge in [0.25, 0.3) is 17.8 Å². The number of carbonyl (C=O) groups excluding carboxylic acids is 2. The number of nitrogens with zero attached hydrogens (tertiary/aromatic N) is 4. The van der Waals surface area contributed by atoms with Crippen molar-refractivity contribution in [3.8, 4) is 0 Å². The fourth-order valence-electron chi connectivity index (χ4n) is 4.24. The summed E-state index contributed by atoms with van der Waals surface area (Å²) in [6.07, 6.45) is 2.03. The Kier molecular flexibility index (Phi) is 9.05. The number of aliphatic hydroxyl groups excluding tert-OH is 1. The number of aliphatic hydroxyl groups is 1. The molecule has 6 N–H and O–H groups in total. The third kappa shape index (κ3) is 6.26. The van der Waals surface area contributed by atoms with Gasteiger partial charge in [0.05, 0.1) is 40.5 Å². The number of aromatic nitrogens is 2. The largest absolute Gasteiger partial charge is 0.480 e. The van der Waals surface area contributed by atoms with Crippen LogP contribution >= 0.6 is 23.2 Å². The summed E-state index contributed by atoms with van der Waals surface area (Å²) in [6, 6.07) is 5.37. The number of guanidine groups is 1. The molecular formula is C25H24Cl2N8O5. The molecule has 208 valence electrons. The number of aliphatic imine (C=N–C) groups is 1. The molecule has 1 aromatic heterocycles. The van der Waals surface area contributed by atoms with Crippen LogP contribution in [0, 0.1) is 6.57 Å². The number of benzene rings is 2. The number of aliphatic carboxylic acids is 1. The second-order valence-corrected chi connectivity index (χ2v) is 9.55. The standard InChI is InChI=1S/C25H24Cl2N8O5/c1-28-34-25(29-5-7-36)30-11-19(24(39)40)32-22(37)20-17(26)8-15-12-35(6-4-16(15)21(20)27)23(38)13-2-3-14-10-31-33-18(14)9-13/h2-3,8-10,19,36H,4-7,11-12H2,(H,31,33)(H,32,37)(H,39,40)(H2,29,30,34)/t19-/m0/s1. The summed E-state index contributed by atoms with van der Waals surface area (Å²) in [5, 5.41) is 31.3. The van der Waals surface area contributed by atoms with E-state index in [2.05, 4.69) is 36.2 Å². The zero-order valence-corrected chi connectivity index (χ0v) is 22.4. The smallest absolute Gasteiger partial charge is 0.328 e. The highest BCUT2D eigenvalue weighted by atomic mass is 35.5. The van der Waals surface area contributed by atoms with Gasteiger partial charge in [-0.15, -0.1) is 0 Å². The monoisotopic (exact) mass is 586 g/mol. The van der Waals surface area contributed by atoms with Crippen LogP contribution in [-0.4, -0.2) is 81.3 Å². The quantitative estimate of drug-likeness (QED) is 0.0997. The van der Waals surface area contributed by atoms with Gasteiger partial charge < -0.3 is 25.7 Å². The first-order valence-electron chi connectivity index (χ1n) is 12.0. The van der Waals surface area contributed by atoms with Gasteiger partial charge in [0.1, 0.15) is 6.04 Å². The minimum absolute atomic E-state index is 0.00189. The fraction of sp³-hybridized carbons (Fsp3) is 0.280. The van der Waals surface area contributed by atoms with Crippen LogP contribution in [0.15, 0.2) is 35.5 Å². The Bertz CT molecular complexity index is 1530. The molecule has 1 aliphatic heterocycles. The second kappa shape index (κ2) is 12.6. The van der Waals surface area contributed by atoms with Gasteiger partial charge in [-0.05, 0) is 35.7 Å². The van der Waals surface area contributed by atoms with E-state index < -0.39 is 24.5 Å². The maximum atomic E-state index is 13.2. The number of fused-ring (bicyclic) bond motifs is 2. The third-order valence-corrected chi connectivity index (χ3v) is 6.92. The lowest BCUT2D eigenvalue weighted by molar-refractivity contribution is -0.138. The first kappa shape index (κ1) is 28.6. The van der Waals surface area contributed by atoms with E-state index in [0.29, 0.717) is 29.7 Å². The van der Waals surface area contributed by atoms with Crippen molar-refractivity contribution in [3.63, 3.8) is 0 Å². The van der Waals surface area contributed by atoms with Crippen LogP contribution in [0.25, 0.3) is 15.9 Å². The maximum Gasteiger partial charge on any atom is 0.328 e. The molecule has 13 nitrogen and oxygen atoms in total. The number of amides is 2.